The number of urea groups is 2. The smallest absolute Gasteiger partial charge is 0.534 e. The maximum Gasteiger partial charge on any atom is 0.547 e. The molecule has 16 nitrogen and oxygen atoms in total. The Morgan fingerprint density at radius 1 is 1.00 bits per heavy atom. The van der Waals surface area contributed by atoms with Crippen LogP contribution in [0, 0.1) is 11.6 Å². The molecule has 6 N–H and O–H groups in total. The fourth-order valence-electron chi connectivity index (χ4n) is 6.48. The molecule has 2 atom stereocenters. The first-order chi connectivity index (χ1) is 24.8. The first-order valence-corrected chi connectivity index (χ1v) is 16.3. The largest absolute Gasteiger partial charge is 0.547 e. The number of phenolic OH excluding ortho intramolecular Hbond substituents is 2. The van der Waals surface area contributed by atoms with Crippen molar-refractivity contribution in [3.8, 4) is 17.2 Å². The van der Waals surface area contributed by atoms with E-state index >= 15 is 0 Å². The van der Waals surface area contributed by atoms with E-state index in [1.165, 1.54) is 23.4 Å². The summed E-state index contributed by atoms with van der Waals surface area (Å²) in [7, 11) is -1.92. The van der Waals surface area contributed by atoms with Crippen molar-refractivity contribution < 1.29 is 57.8 Å². The third-order valence-electron chi connectivity index (χ3n) is 9.19. The number of pyridine rings is 1. The van der Waals surface area contributed by atoms with E-state index in [9.17, 15) is 53.1 Å². The quantitative estimate of drug-likeness (QED) is 0.152. The third-order valence-corrected chi connectivity index (χ3v) is 9.59. The van der Waals surface area contributed by atoms with Gasteiger partial charge in [-0.2, -0.15) is 0 Å². The van der Waals surface area contributed by atoms with Gasteiger partial charge >= 0.3 is 25.1 Å². The Labute approximate surface area is 298 Å². The normalized spacial score (nSPS) is 18.1. The molecule has 3 aliphatic rings. The number of carbonyl (C=O) groups excluding carboxylic acids is 4. The van der Waals surface area contributed by atoms with Crippen LogP contribution in [-0.4, -0.2) is 115 Å². The van der Waals surface area contributed by atoms with Crippen LogP contribution in [0.3, 0.4) is 0 Å². The zero-order chi connectivity index (χ0) is 37.4. The number of rotatable bonds is 7. The van der Waals surface area contributed by atoms with Crippen molar-refractivity contribution in [2.45, 2.75) is 37.3 Å². The van der Waals surface area contributed by atoms with Gasteiger partial charge in [0.15, 0.2) is 17.3 Å². The third kappa shape index (κ3) is 6.83. The maximum atomic E-state index is 14.6. The van der Waals surface area contributed by atoms with Crippen molar-refractivity contribution in [2.24, 2.45) is 0 Å². The number of amides is 6. The van der Waals surface area contributed by atoms with E-state index in [2.05, 4.69) is 15.6 Å². The van der Waals surface area contributed by atoms with Crippen molar-refractivity contribution in [2.75, 3.05) is 26.2 Å². The fourth-order valence-corrected chi connectivity index (χ4v) is 6.74. The van der Waals surface area contributed by atoms with Crippen LogP contribution in [0.2, 0.25) is 5.02 Å². The molecule has 0 spiro atoms. The fraction of sp³-hybridized carbons (Fsp3) is 0.312. The number of aromatic nitrogens is 1. The molecule has 52 heavy (non-hydrogen) atoms. The van der Waals surface area contributed by atoms with Crippen LogP contribution in [0.4, 0.5) is 18.4 Å². The van der Waals surface area contributed by atoms with E-state index in [4.69, 9.17) is 16.3 Å². The Hall–Kier alpha value is -5.69. The number of fused-ring (bicyclic) bond motifs is 1. The summed E-state index contributed by atoms with van der Waals surface area (Å²) >= 11 is 6.19. The molecule has 2 aromatic carbocycles. The molecule has 0 saturated carbocycles. The van der Waals surface area contributed by atoms with Gasteiger partial charge in [0.1, 0.15) is 23.2 Å². The number of imide groups is 1. The zero-order valence-corrected chi connectivity index (χ0v) is 27.7. The standard InChI is InChI=1S/C32H30BClF2N6O10/c34-23-18(14-20(36)25(43)26(23)44)24(28(45)38-21-13-16-1-2-19(35)22(30(47)48)27(16)52-33(21)51)39-31(49)42-12-11-41(32(42)50)17-5-9-40(10-6-17)29(46)15-3-7-37-8-4-15/h1-4,7-8,14,17,21,24,43-44,51H,5-6,9-13H2,(H,38,45)(H,39,49)(H,47,48)/t21-,24+/m0/s1. The second-order valence-electron chi connectivity index (χ2n) is 12.3. The lowest BCUT2D eigenvalue weighted by atomic mass is 9.72. The van der Waals surface area contributed by atoms with E-state index in [1.807, 2.05) is 0 Å². The molecular weight excluding hydrogens is 713 g/mol. The van der Waals surface area contributed by atoms with Gasteiger partial charge in [-0.3, -0.25) is 14.6 Å². The van der Waals surface area contributed by atoms with E-state index in [0.29, 0.717) is 37.6 Å². The minimum atomic E-state index is -1.94. The molecule has 20 heteroatoms. The maximum absolute atomic E-state index is 14.6. The highest BCUT2D eigenvalue weighted by Gasteiger charge is 2.43. The summed E-state index contributed by atoms with van der Waals surface area (Å²) in [4.78, 5) is 73.2. The number of aromatic hydroxyl groups is 2. The Kier molecular flexibility index (Phi) is 10.1. The van der Waals surface area contributed by atoms with Crippen LogP contribution in [0.15, 0.2) is 42.7 Å². The van der Waals surface area contributed by atoms with Crippen LogP contribution < -0.4 is 15.3 Å². The molecule has 1 aromatic heterocycles. The molecule has 0 unspecified atom stereocenters. The predicted octanol–water partition coefficient (Wildman–Crippen LogP) is 2.06. The SMILES string of the molecule is O=C(O)c1c(F)ccc2c1OB(O)[C@@H](NC(=O)[C@H](NC(=O)N1CCN(C3CCN(C(=O)c4ccncc4)CC3)C1=O)c1cc(F)c(O)c(O)c1Cl)C2. The summed E-state index contributed by atoms with van der Waals surface area (Å²) in [5, 5.41) is 44.2. The number of benzene rings is 2. The highest BCUT2D eigenvalue weighted by atomic mass is 35.5. The molecule has 2 saturated heterocycles. The zero-order valence-electron chi connectivity index (χ0n) is 27.0. The number of carboxylic acid groups (broad SMARTS) is 1. The molecular formula is C32H30BClF2N6O10. The second-order valence-corrected chi connectivity index (χ2v) is 12.6. The molecule has 3 aliphatic heterocycles. The molecule has 2 fully saturated rings. The Bertz CT molecular complexity index is 1950. The van der Waals surface area contributed by atoms with Crippen LogP contribution in [0.25, 0.3) is 0 Å². The van der Waals surface area contributed by atoms with E-state index < -0.39 is 88.1 Å². The van der Waals surface area contributed by atoms with Crippen molar-refractivity contribution in [3.63, 3.8) is 0 Å². The van der Waals surface area contributed by atoms with Crippen molar-refractivity contribution in [3.05, 3.63) is 81.6 Å². The summed E-state index contributed by atoms with van der Waals surface area (Å²) in [6, 6.07) is 1.81. The summed E-state index contributed by atoms with van der Waals surface area (Å²) in [6.07, 6.45) is 3.61. The number of likely N-dealkylation sites (tertiary alicyclic amines) is 1. The van der Waals surface area contributed by atoms with Gasteiger partial charge in [-0.1, -0.05) is 17.7 Å². The van der Waals surface area contributed by atoms with Crippen molar-refractivity contribution in [1.82, 2.24) is 30.3 Å². The average molecular weight is 743 g/mol. The summed E-state index contributed by atoms with van der Waals surface area (Å²) in [5.41, 5.74) is -0.776. The Balaban J connectivity index is 1.18. The number of carbonyl (C=O) groups is 5. The van der Waals surface area contributed by atoms with Crippen LogP contribution >= 0.6 is 11.6 Å². The Morgan fingerprint density at radius 2 is 1.69 bits per heavy atom. The first kappa shape index (κ1) is 36.1. The minimum Gasteiger partial charge on any atom is -0.534 e. The number of phenols is 2. The Morgan fingerprint density at radius 3 is 2.37 bits per heavy atom. The lowest BCUT2D eigenvalue weighted by molar-refractivity contribution is -0.123. The average Bonchev–Trinajstić information content (AvgIpc) is 3.52. The second kappa shape index (κ2) is 14.5. The first-order valence-electron chi connectivity index (χ1n) is 15.9. The molecule has 0 bridgehead atoms. The number of piperidine rings is 1. The van der Waals surface area contributed by atoms with Gasteiger partial charge in [0.2, 0.25) is 5.91 Å². The molecule has 0 radical (unpaired) electrons. The molecule has 6 rings (SSSR count). The minimum absolute atomic E-state index is 0.105. The summed E-state index contributed by atoms with van der Waals surface area (Å²) in [6.45, 7) is 0.733. The summed E-state index contributed by atoms with van der Waals surface area (Å²) < 4.78 is 34.1. The number of halogens is 3. The van der Waals surface area contributed by atoms with Crippen molar-refractivity contribution >= 4 is 48.6 Å². The van der Waals surface area contributed by atoms with Crippen LogP contribution in [-0.2, 0) is 11.2 Å². The van der Waals surface area contributed by atoms with Gasteiger partial charge < -0.3 is 45.4 Å². The number of hydrogen-bond donors (Lipinski definition) is 6. The topological polar surface area (TPSA) is 222 Å². The van der Waals surface area contributed by atoms with Gasteiger partial charge in [-0.15, -0.1) is 0 Å². The number of hydrogen-bond acceptors (Lipinski definition) is 10. The summed E-state index contributed by atoms with van der Waals surface area (Å²) in [5.74, 6) is -9.66. The van der Waals surface area contributed by atoms with Gasteiger partial charge in [0.25, 0.3) is 5.91 Å². The van der Waals surface area contributed by atoms with Gasteiger partial charge in [0.05, 0.1) is 11.0 Å². The number of carboxylic acids is 1. The highest BCUT2D eigenvalue weighted by Crippen LogP contribution is 2.41. The molecule has 272 valence electrons. The lowest BCUT2D eigenvalue weighted by Gasteiger charge is -2.36. The highest BCUT2D eigenvalue weighted by molar-refractivity contribution is 6.47. The number of nitrogens with zero attached hydrogens (tertiary/aromatic N) is 4. The monoisotopic (exact) mass is 742 g/mol. The number of aromatic carboxylic acids is 1. The molecule has 0 aliphatic carbocycles. The molecule has 3 aromatic rings. The van der Waals surface area contributed by atoms with E-state index in [-0.39, 0.29) is 37.0 Å². The van der Waals surface area contributed by atoms with Gasteiger partial charge in [-0.25, -0.2) is 28.1 Å². The molecule has 4 heterocycles. The lowest BCUT2D eigenvalue weighted by Crippen LogP contribution is -2.56. The predicted molar refractivity (Wildman–Crippen MR) is 176 cm³/mol. The van der Waals surface area contributed by atoms with Crippen LogP contribution in [0.5, 0.6) is 17.2 Å². The van der Waals surface area contributed by atoms with Gasteiger partial charge in [0, 0.05) is 55.7 Å². The van der Waals surface area contributed by atoms with Crippen LogP contribution in [0.1, 0.15) is 50.7 Å². The number of nitrogens with one attached hydrogen (secondary N) is 2. The van der Waals surface area contributed by atoms with E-state index in [0.717, 1.165) is 11.0 Å². The molecule has 6 amide bonds. The van der Waals surface area contributed by atoms with Crippen molar-refractivity contribution in [1.29, 1.82) is 0 Å². The van der Waals surface area contributed by atoms with E-state index in [1.54, 1.807) is 17.0 Å². The van der Waals surface area contributed by atoms with Gasteiger partial charge in [-0.05, 0) is 49.1 Å².